The Morgan fingerprint density at radius 3 is 2.59 bits per heavy atom. The number of ether oxygens (including phenoxy) is 1. The smallest absolute Gasteiger partial charge is 0.137 e. The summed E-state index contributed by atoms with van der Waals surface area (Å²) in [5.74, 6) is 0. The predicted octanol–water partition coefficient (Wildman–Crippen LogP) is -0.225. The van der Waals surface area contributed by atoms with E-state index >= 15 is 0 Å². The van der Waals surface area contributed by atoms with Gasteiger partial charge < -0.3 is 20.3 Å². The van der Waals surface area contributed by atoms with E-state index in [1.54, 1.807) is 6.92 Å². The number of rotatable bonds is 4. The number of piperazine rings is 1. The molecule has 102 valence electrons. The van der Waals surface area contributed by atoms with E-state index in [1.807, 2.05) is 20.8 Å². The first-order valence-corrected chi connectivity index (χ1v) is 6.27. The number of hydrogen-bond donors (Lipinski definition) is 3. The molecule has 0 amide bonds. The molecule has 0 aromatic heterocycles. The first-order valence-electron chi connectivity index (χ1n) is 6.27. The molecule has 1 fully saturated rings. The molecule has 0 saturated carbocycles. The molecular formula is C12H26N2O3. The van der Waals surface area contributed by atoms with Crippen molar-refractivity contribution in [1.82, 2.24) is 10.2 Å². The highest BCUT2D eigenvalue weighted by atomic mass is 16.5. The summed E-state index contributed by atoms with van der Waals surface area (Å²) in [6.45, 7) is 10.1. The van der Waals surface area contributed by atoms with Gasteiger partial charge in [-0.05, 0) is 27.7 Å². The summed E-state index contributed by atoms with van der Waals surface area (Å²) >= 11 is 0. The maximum Gasteiger partial charge on any atom is 0.137 e. The molecule has 0 spiro atoms. The minimum absolute atomic E-state index is 0.0635. The van der Waals surface area contributed by atoms with Gasteiger partial charge in [0.2, 0.25) is 0 Å². The molecule has 0 bridgehead atoms. The van der Waals surface area contributed by atoms with E-state index in [2.05, 4.69) is 10.2 Å². The first kappa shape index (κ1) is 14.9. The molecule has 2 unspecified atom stereocenters. The molecule has 0 radical (unpaired) electrons. The zero-order valence-corrected chi connectivity index (χ0v) is 11.3. The zero-order chi connectivity index (χ0) is 13.1. The van der Waals surface area contributed by atoms with Crippen LogP contribution in [0.5, 0.6) is 0 Å². The molecule has 0 aromatic rings. The van der Waals surface area contributed by atoms with Crippen LogP contribution in [0.4, 0.5) is 0 Å². The summed E-state index contributed by atoms with van der Waals surface area (Å²) in [6, 6.07) is 0.0635. The molecule has 1 aliphatic heterocycles. The Balaban J connectivity index is 2.63. The molecular weight excluding hydrogens is 220 g/mol. The van der Waals surface area contributed by atoms with Crippen molar-refractivity contribution >= 4 is 0 Å². The van der Waals surface area contributed by atoms with Crippen LogP contribution in [0.2, 0.25) is 0 Å². The Morgan fingerprint density at radius 1 is 1.47 bits per heavy atom. The molecule has 1 heterocycles. The highest BCUT2D eigenvalue weighted by Crippen LogP contribution is 2.18. The van der Waals surface area contributed by atoms with Gasteiger partial charge in [-0.25, -0.2) is 0 Å². The molecule has 3 N–H and O–H groups in total. The molecule has 3 atom stereocenters. The quantitative estimate of drug-likeness (QED) is 0.640. The van der Waals surface area contributed by atoms with E-state index in [0.717, 1.165) is 13.1 Å². The lowest BCUT2D eigenvalue weighted by Gasteiger charge is -2.41. The van der Waals surface area contributed by atoms with Crippen molar-refractivity contribution in [3.63, 3.8) is 0 Å². The molecule has 1 rings (SSSR count). The van der Waals surface area contributed by atoms with Crippen molar-refractivity contribution in [2.24, 2.45) is 0 Å². The predicted molar refractivity (Wildman–Crippen MR) is 66.8 cm³/mol. The van der Waals surface area contributed by atoms with Crippen LogP contribution in [0, 0.1) is 0 Å². The van der Waals surface area contributed by atoms with Gasteiger partial charge in [0.25, 0.3) is 0 Å². The lowest BCUT2D eigenvalue weighted by molar-refractivity contribution is -0.179. The largest absolute Gasteiger partial charge is 0.395 e. The summed E-state index contributed by atoms with van der Waals surface area (Å²) in [6.07, 6.45) is -0.863. The van der Waals surface area contributed by atoms with Gasteiger partial charge in [0, 0.05) is 25.7 Å². The molecule has 0 aromatic carbocycles. The number of nitrogens with zero attached hydrogens (tertiary/aromatic N) is 1. The second kappa shape index (κ2) is 6.11. The third-order valence-corrected chi connectivity index (χ3v) is 2.75. The number of aliphatic hydroxyl groups is 2. The summed E-state index contributed by atoms with van der Waals surface area (Å²) < 4.78 is 5.90. The Morgan fingerprint density at radius 2 is 2.12 bits per heavy atom. The van der Waals surface area contributed by atoms with Gasteiger partial charge in [-0.1, -0.05) is 0 Å². The molecule has 17 heavy (non-hydrogen) atoms. The second-order valence-electron chi connectivity index (χ2n) is 5.69. The average Bonchev–Trinajstić information content (AvgIpc) is 2.24. The van der Waals surface area contributed by atoms with E-state index in [1.165, 1.54) is 0 Å². The van der Waals surface area contributed by atoms with E-state index in [4.69, 9.17) is 9.84 Å². The summed E-state index contributed by atoms with van der Waals surface area (Å²) in [4.78, 5) is 2.09. The van der Waals surface area contributed by atoms with Crippen LogP contribution in [-0.2, 0) is 4.74 Å². The Bertz CT molecular complexity index is 228. The third-order valence-electron chi connectivity index (χ3n) is 2.75. The van der Waals surface area contributed by atoms with Gasteiger partial charge in [-0.2, -0.15) is 0 Å². The SMILES string of the molecule is CC(O)C(OC(C)(C)C)N1CCN[C@H](CO)C1. The van der Waals surface area contributed by atoms with Crippen LogP contribution in [0.15, 0.2) is 0 Å². The fourth-order valence-corrected chi connectivity index (χ4v) is 2.04. The van der Waals surface area contributed by atoms with E-state index in [0.29, 0.717) is 6.54 Å². The van der Waals surface area contributed by atoms with Crippen molar-refractivity contribution in [3.8, 4) is 0 Å². The maximum atomic E-state index is 9.84. The zero-order valence-electron chi connectivity index (χ0n) is 11.3. The fourth-order valence-electron chi connectivity index (χ4n) is 2.04. The van der Waals surface area contributed by atoms with E-state index in [-0.39, 0.29) is 24.5 Å². The highest BCUT2D eigenvalue weighted by molar-refractivity contribution is 4.82. The van der Waals surface area contributed by atoms with E-state index < -0.39 is 6.10 Å². The van der Waals surface area contributed by atoms with Crippen LogP contribution in [-0.4, -0.2) is 65.3 Å². The lowest BCUT2D eigenvalue weighted by Crippen LogP contribution is -2.59. The third kappa shape index (κ3) is 4.89. The van der Waals surface area contributed by atoms with Crippen molar-refractivity contribution in [2.45, 2.75) is 51.7 Å². The van der Waals surface area contributed by atoms with Crippen LogP contribution in [0.1, 0.15) is 27.7 Å². The van der Waals surface area contributed by atoms with Gasteiger partial charge in [0.1, 0.15) is 6.23 Å². The molecule has 0 aliphatic carbocycles. The maximum absolute atomic E-state index is 9.84. The number of hydrogen-bond acceptors (Lipinski definition) is 5. The molecule has 1 saturated heterocycles. The van der Waals surface area contributed by atoms with Crippen molar-refractivity contribution in [1.29, 1.82) is 0 Å². The minimum Gasteiger partial charge on any atom is -0.395 e. The first-order chi connectivity index (χ1) is 7.83. The van der Waals surface area contributed by atoms with Crippen molar-refractivity contribution < 1.29 is 14.9 Å². The van der Waals surface area contributed by atoms with Gasteiger partial charge >= 0.3 is 0 Å². The Hall–Kier alpha value is -0.200. The number of aliphatic hydroxyl groups excluding tert-OH is 2. The normalized spacial score (nSPS) is 26.8. The van der Waals surface area contributed by atoms with Gasteiger partial charge in [0.05, 0.1) is 18.3 Å². The van der Waals surface area contributed by atoms with Gasteiger partial charge in [-0.3, -0.25) is 4.90 Å². The van der Waals surface area contributed by atoms with E-state index in [9.17, 15) is 5.11 Å². The van der Waals surface area contributed by atoms with Crippen LogP contribution >= 0.6 is 0 Å². The van der Waals surface area contributed by atoms with Crippen molar-refractivity contribution in [3.05, 3.63) is 0 Å². The van der Waals surface area contributed by atoms with Gasteiger partial charge in [0.15, 0.2) is 0 Å². The number of nitrogens with one attached hydrogen (secondary N) is 1. The van der Waals surface area contributed by atoms with Crippen LogP contribution < -0.4 is 5.32 Å². The van der Waals surface area contributed by atoms with Crippen LogP contribution in [0.3, 0.4) is 0 Å². The second-order valence-corrected chi connectivity index (χ2v) is 5.69. The molecule has 1 aliphatic rings. The minimum atomic E-state index is -0.549. The standard InChI is InChI=1S/C12H26N2O3/c1-9(16)11(17-12(2,3)4)14-6-5-13-10(7-14)8-15/h9-11,13,15-16H,5-8H2,1-4H3/t9?,10-,11?/m0/s1. The average molecular weight is 246 g/mol. The summed E-state index contributed by atoms with van der Waals surface area (Å²) in [5.41, 5.74) is -0.290. The van der Waals surface area contributed by atoms with Crippen molar-refractivity contribution in [2.75, 3.05) is 26.2 Å². The lowest BCUT2D eigenvalue weighted by atomic mass is 10.1. The Labute approximate surface area is 104 Å². The molecule has 5 heteroatoms. The summed E-state index contributed by atoms with van der Waals surface area (Å²) in [5, 5.41) is 22.2. The highest BCUT2D eigenvalue weighted by Gasteiger charge is 2.31. The fraction of sp³-hybridized carbons (Fsp3) is 1.00. The topological polar surface area (TPSA) is 65.0 Å². The Kier molecular flexibility index (Phi) is 5.34. The van der Waals surface area contributed by atoms with Gasteiger partial charge in [-0.15, -0.1) is 0 Å². The summed E-state index contributed by atoms with van der Waals surface area (Å²) in [7, 11) is 0. The van der Waals surface area contributed by atoms with Crippen LogP contribution in [0.25, 0.3) is 0 Å². The monoisotopic (exact) mass is 246 g/mol. The molecule has 5 nitrogen and oxygen atoms in total.